The van der Waals surface area contributed by atoms with Crippen molar-refractivity contribution in [2.45, 2.75) is 46.1 Å². The Kier molecular flexibility index (Phi) is 9.09. The Bertz CT molecular complexity index is 763. The van der Waals surface area contributed by atoms with Crippen LogP contribution in [0.1, 0.15) is 40.0 Å². The monoisotopic (exact) mass is 360 g/mol. The summed E-state index contributed by atoms with van der Waals surface area (Å²) in [7, 11) is 0. The molecule has 2 atom stereocenters. The van der Waals surface area contributed by atoms with Crippen LogP contribution in [0.5, 0.6) is 0 Å². The summed E-state index contributed by atoms with van der Waals surface area (Å²) < 4.78 is 0. The van der Waals surface area contributed by atoms with Crippen LogP contribution in [-0.2, 0) is 0 Å². The molecule has 0 fully saturated rings. The highest BCUT2D eigenvalue weighted by Crippen LogP contribution is 2.21. The number of rotatable bonds is 9. The molecule has 2 heteroatoms. The Balaban J connectivity index is 2.68. The smallest absolute Gasteiger partial charge is 0.0988 e. The molecule has 0 aromatic rings. The Morgan fingerprint density at radius 3 is 2.67 bits per heavy atom. The van der Waals surface area contributed by atoms with Crippen LogP contribution in [0.2, 0.25) is 0 Å². The highest BCUT2D eigenvalue weighted by molar-refractivity contribution is 5.39. The van der Waals surface area contributed by atoms with Crippen molar-refractivity contribution >= 4 is 0 Å². The van der Waals surface area contributed by atoms with E-state index in [4.69, 9.17) is 5.26 Å². The van der Waals surface area contributed by atoms with Crippen molar-refractivity contribution in [3.05, 3.63) is 96.3 Å². The average molecular weight is 361 g/mol. The molecule has 1 rings (SSSR count). The Hall–Kier alpha value is -2.79. The van der Waals surface area contributed by atoms with Gasteiger partial charge in [0, 0.05) is 23.2 Å². The van der Waals surface area contributed by atoms with Crippen LogP contribution >= 0.6 is 0 Å². The van der Waals surface area contributed by atoms with E-state index in [0.717, 1.165) is 29.7 Å². The highest BCUT2D eigenvalue weighted by atomic mass is 14.9. The summed E-state index contributed by atoms with van der Waals surface area (Å²) in [4.78, 5) is 0. The van der Waals surface area contributed by atoms with Crippen molar-refractivity contribution in [2.75, 3.05) is 0 Å². The van der Waals surface area contributed by atoms with Gasteiger partial charge in [0.05, 0.1) is 6.07 Å². The van der Waals surface area contributed by atoms with Gasteiger partial charge >= 0.3 is 0 Å². The van der Waals surface area contributed by atoms with Crippen LogP contribution in [0.4, 0.5) is 0 Å². The van der Waals surface area contributed by atoms with E-state index < -0.39 is 0 Å². The molecule has 0 bridgehead atoms. The van der Waals surface area contributed by atoms with Gasteiger partial charge in [-0.05, 0) is 49.8 Å². The SMILES string of the molecule is C=C(C/C=C(\C)C(=C)C#N)C(=C)N[C@@H](C)C1C=C/C=C(/C(=C)CC)CC=C1. The summed E-state index contributed by atoms with van der Waals surface area (Å²) in [6.07, 6.45) is 15.5. The van der Waals surface area contributed by atoms with Gasteiger partial charge in [-0.3, -0.25) is 0 Å². The number of hydrogen-bond acceptors (Lipinski definition) is 2. The minimum atomic E-state index is 0.199. The van der Waals surface area contributed by atoms with Crippen molar-refractivity contribution < 1.29 is 0 Å². The fraction of sp³-hybridized carbons (Fsp3) is 0.320. The second-order valence-corrected chi connectivity index (χ2v) is 6.94. The zero-order valence-electron chi connectivity index (χ0n) is 17.0. The van der Waals surface area contributed by atoms with Crippen LogP contribution in [0.3, 0.4) is 0 Å². The molecule has 0 saturated carbocycles. The van der Waals surface area contributed by atoms with E-state index >= 15 is 0 Å². The maximum absolute atomic E-state index is 8.88. The molecule has 0 heterocycles. The zero-order chi connectivity index (χ0) is 20.4. The summed E-state index contributed by atoms with van der Waals surface area (Å²) >= 11 is 0. The molecule has 1 N–H and O–H groups in total. The Morgan fingerprint density at radius 2 is 2.04 bits per heavy atom. The molecule has 0 radical (unpaired) electrons. The van der Waals surface area contributed by atoms with Crippen LogP contribution in [0.15, 0.2) is 96.3 Å². The van der Waals surface area contributed by atoms with Gasteiger partial charge in [0.25, 0.3) is 0 Å². The number of hydrogen-bond donors (Lipinski definition) is 1. The quantitative estimate of drug-likeness (QED) is 0.290. The molecule has 2 nitrogen and oxygen atoms in total. The second-order valence-electron chi connectivity index (χ2n) is 6.94. The first-order valence-corrected chi connectivity index (χ1v) is 9.42. The molecule has 1 aliphatic rings. The minimum absolute atomic E-state index is 0.199. The van der Waals surface area contributed by atoms with Crippen molar-refractivity contribution in [1.82, 2.24) is 5.32 Å². The summed E-state index contributed by atoms with van der Waals surface area (Å²) in [5.74, 6) is 0.276. The van der Waals surface area contributed by atoms with E-state index in [-0.39, 0.29) is 12.0 Å². The molecule has 0 saturated heterocycles. The first-order valence-electron chi connectivity index (χ1n) is 9.42. The highest BCUT2D eigenvalue weighted by Gasteiger charge is 2.14. The summed E-state index contributed by atoms with van der Waals surface area (Å²) in [6, 6.07) is 2.26. The van der Waals surface area contributed by atoms with E-state index in [9.17, 15) is 0 Å². The fourth-order valence-electron chi connectivity index (χ4n) is 2.69. The summed E-state index contributed by atoms with van der Waals surface area (Å²) in [5.41, 5.74) is 5.59. The normalized spacial score (nSPS) is 19.7. The fourth-order valence-corrected chi connectivity index (χ4v) is 2.69. The first kappa shape index (κ1) is 22.3. The number of nitrogens with one attached hydrogen (secondary N) is 1. The lowest BCUT2D eigenvalue weighted by Crippen LogP contribution is -2.31. The standard InChI is InChI=1S/C25H32N2/c1-8-18(2)24-11-9-13-25(14-10-12-24)23(7)27-22(6)20(4)16-15-19(3)21(5)17-26/h9-11,13-15,23,25,27H,2,4-6,8,12,16H2,1,3,7H3/b13-9?,14-10?,19-15+,24-11+/t23-,25?/m0/s1. The molecular weight excluding hydrogens is 328 g/mol. The van der Waals surface area contributed by atoms with Crippen molar-refractivity contribution in [1.29, 1.82) is 5.26 Å². The Labute approximate surface area is 165 Å². The molecule has 27 heavy (non-hydrogen) atoms. The van der Waals surface area contributed by atoms with Gasteiger partial charge in [-0.25, -0.2) is 0 Å². The molecule has 0 aromatic heterocycles. The van der Waals surface area contributed by atoms with Gasteiger partial charge in [0.1, 0.15) is 0 Å². The molecule has 0 aromatic carbocycles. The van der Waals surface area contributed by atoms with E-state index in [1.165, 1.54) is 11.1 Å². The topological polar surface area (TPSA) is 35.8 Å². The lowest BCUT2D eigenvalue weighted by Gasteiger charge is -2.23. The molecule has 1 unspecified atom stereocenters. The van der Waals surface area contributed by atoms with Crippen LogP contribution in [0, 0.1) is 17.2 Å². The lowest BCUT2D eigenvalue weighted by atomic mass is 9.93. The second kappa shape index (κ2) is 11.0. The molecule has 0 spiro atoms. The maximum atomic E-state index is 8.88. The number of nitriles is 1. The molecule has 0 amide bonds. The van der Waals surface area contributed by atoms with E-state index in [1.54, 1.807) is 0 Å². The third-order valence-corrected chi connectivity index (χ3v) is 4.88. The van der Waals surface area contributed by atoms with Gasteiger partial charge in [0.15, 0.2) is 0 Å². The van der Waals surface area contributed by atoms with Gasteiger partial charge < -0.3 is 5.32 Å². The van der Waals surface area contributed by atoms with E-state index in [1.807, 2.05) is 13.0 Å². The van der Waals surface area contributed by atoms with Crippen LogP contribution < -0.4 is 5.32 Å². The first-order chi connectivity index (χ1) is 12.8. The van der Waals surface area contributed by atoms with E-state index in [2.05, 4.69) is 81.9 Å². The van der Waals surface area contributed by atoms with Gasteiger partial charge in [-0.1, -0.05) is 75.3 Å². The van der Waals surface area contributed by atoms with Crippen molar-refractivity contribution in [3.8, 4) is 6.07 Å². The third kappa shape index (κ3) is 7.15. The predicted octanol–water partition coefficient (Wildman–Crippen LogP) is 6.48. The molecular formula is C25H32N2. The number of nitrogens with zero attached hydrogens (tertiary/aromatic N) is 1. The van der Waals surface area contributed by atoms with Gasteiger partial charge in [0.2, 0.25) is 0 Å². The van der Waals surface area contributed by atoms with Gasteiger partial charge in [-0.15, -0.1) is 0 Å². The summed E-state index contributed by atoms with van der Waals surface area (Å²) in [6.45, 7) is 22.2. The van der Waals surface area contributed by atoms with Crippen molar-refractivity contribution in [3.63, 3.8) is 0 Å². The van der Waals surface area contributed by atoms with Crippen LogP contribution in [0.25, 0.3) is 0 Å². The minimum Gasteiger partial charge on any atom is -0.382 e. The predicted molar refractivity (Wildman–Crippen MR) is 118 cm³/mol. The zero-order valence-corrected chi connectivity index (χ0v) is 17.0. The van der Waals surface area contributed by atoms with Gasteiger partial charge in [-0.2, -0.15) is 5.26 Å². The molecule has 0 aliphatic heterocycles. The molecule has 1 aliphatic carbocycles. The molecule has 142 valence electrons. The average Bonchev–Trinajstić information content (AvgIpc) is 2.64. The van der Waals surface area contributed by atoms with E-state index in [0.29, 0.717) is 12.0 Å². The summed E-state index contributed by atoms with van der Waals surface area (Å²) in [5, 5.41) is 12.3. The Morgan fingerprint density at radius 1 is 1.33 bits per heavy atom. The third-order valence-electron chi connectivity index (χ3n) is 4.88. The van der Waals surface area contributed by atoms with Crippen molar-refractivity contribution in [2.24, 2.45) is 5.92 Å². The lowest BCUT2D eigenvalue weighted by molar-refractivity contribution is 0.540. The van der Waals surface area contributed by atoms with Crippen LogP contribution in [-0.4, -0.2) is 6.04 Å². The largest absolute Gasteiger partial charge is 0.382 e. The maximum Gasteiger partial charge on any atom is 0.0988 e. The number of allylic oxidation sites excluding steroid dienone is 9.